The van der Waals surface area contributed by atoms with Crippen LogP contribution < -0.4 is 5.73 Å². The lowest BCUT2D eigenvalue weighted by molar-refractivity contribution is -0.143. The van der Waals surface area contributed by atoms with Crippen LogP contribution in [0.1, 0.15) is 31.8 Å². The molecule has 0 aliphatic heterocycles. The van der Waals surface area contributed by atoms with Gasteiger partial charge in [0.05, 0.1) is 19.0 Å². The summed E-state index contributed by atoms with van der Waals surface area (Å²) in [5, 5.41) is 8.68. The predicted octanol–water partition coefficient (Wildman–Crippen LogP) is 1.13. The van der Waals surface area contributed by atoms with Crippen LogP contribution in [0.4, 0.5) is 0 Å². The summed E-state index contributed by atoms with van der Waals surface area (Å²) in [7, 11) is 0. The molecule has 1 rings (SSSR count). The summed E-state index contributed by atoms with van der Waals surface area (Å²) in [4.78, 5) is 24.2. The van der Waals surface area contributed by atoms with Gasteiger partial charge in [-0.3, -0.25) is 9.59 Å². The van der Waals surface area contributed by atoms with Gasteiger partial charge in [-0.05, 0) is 32.9 Å². The van der Waals surface area contributed by atoms with Crippen LogP contribution in [0.2, 0.25) is 0 Å². The molecule has 19 heavy (non-hydrogen) atoms. The van der Waals surface area contributed by atoms with E-state index < -0.39 is 12.0 Å². The van der Waals surface area contributed by atoms with Crippen molar-refractivity contribution in [2.45, 2.75) is 45.8 Å². The highest BCUT2D eigenvalue weighted by Crippen LogP contribution is 2.13. The van der Waals surface area contributed by atoms with E-state index in [1.165, 1.54) is 4.90 Å². The zero-order valence-electron chi connectivity index (χ0n) is 11.4. The molecule has 0 aliphatic carbocycles. The SMILES string of the molecule is Cc1ccc(CN(C(=O)C(N)CC(=O)O)C(C)C)o1. The number of hydrogen-bond acceptors (Lipinski definition) is 4. The molecule has 1 amide bonds. The number of carbonyl (C=O) groups is 2. The van der Waals surface area contributed by atoms with E-state index in [4.69, 9.17) is 15.3 Å². The summed E-state index contributed by atoms with van der Waals surface area (Å²) in [6.07, 6.45) is -0.376. The summed E-state index contributed by atoms with van der Waals surface area (Å²) < 4.78 is 5.42. The lowest BCUT2D eigenvalue weighted by Crippen LogP contribution is -2.47. The van der Waals surface area contributed by atoms with E-state index in [2.05, 4.69) is 0 Å². The monoisotopic (exact) mass is 268 g/mol. The molecule has 0 spiro atoms. The van der Waals surface area contributed by atoms with Gasteiger partial charge in [-0.15, -0.1) is 0 Å². The van der Waals surface area contributed by atoms with Crippen molar-refractivity contribution >= 4 is 11.9 Å². The summed E-state index contributed by atoms with van der Waals surface area (Å²) in [5.41, 5.74) is 5.61. The van der Waals surface area contributed by atoms with Crippen molar-refractivity contribution in [3.05, 3.63) is 23.7 Å². The number of nitrogens with zero attached hydrogens (tertiary/aromatic N) is 1. The Hall–Kier alpha value is -1.82. The molecule has 0 fully saturated rings. The van der Waals surface area contributed by atoms with Crippen LogP contribution in [0.5, 0.6) is 0 Å². The fraction of sp³-hybridized carbons (Fsp3) is 0.538. The number of carbonyl (C=O) groups excluding carboxylic acids is 1. The number of aryl methyl sites for hydroxylation is 1. The van der Waals surface area contributed by atoms with Gasteiger partial charge in [-0.1, -0.05) is 0 Å². The van der Waals surface area contributed by atoms with Gasteiger partial charge in [0.1, 0.15) is 11.5 Å². The van der Waals surface area contributed by atoms with Crippen LogP contribution in [0.15, 0.2) is 16.5 Å². The quantitative estimate of drug-likeness (QED) is 0.806. The van der Waals surface area contributed by atoms with Crippen molar-refractivity contribution < 1.29 is 19.1 Å². The lowest BCUT2D eigenvalue weighted by atomic mass is 10.1. The largest absolute Gasteiger partial charge is 0.481 e. The second-order valence-corrected chi connectivity index (χ2v) is 4.78. The van der Waals surface area contributed by atoms with Gasteiger partial charge >= 0.3 is 5.97 Å². The molecule has 1 aromatic heterocycles. The van der Waals surface area contributed by atoms with Crippen LogP contribution in [0.3, 0.4) is 0 Å². The molecule has 0 aromatic carbocycles. The molecule has 0 saturated carbocycles. The van der Waals surface area contributed by atoms with Gasteiger partial charge in [0, 0.05) is 6.04 Å². The zero-order valence-corrected chi connectivity index (χ0v) is 11.4. The first-order valence-corrected chi connectivity index (χ1v) is 6.14. The number of nitrogens with two attached hydrogens (primary N) is 1. The normalized spacial score (nSPS) is 12.5. The Morgan fingerprint density at radius 1 is 1.42 bits per heavy atom. The molecule has 1 aromatic rings. The van der Waals surface area contributed by atoms with Gasteiger partial charge in [-0.25, -0.2) is 0 Å². The van der Waals surface area contributed by atoms with Gasteiger partial charge in [0.2, 0.25) is 5.91 Å². The third kappa shape index (κ3) is 4.40. The molecule has 0 aliphatic rings. The predicted molar refractivity (Wildman–Crippen MR) is 69.4 cm³/mol. The number of furan rings is 1. The van der Waals surface area contributed by atoms with E-state index in [0.29, 0.717) is 5.76 Å². The number of carboxylic acids is 1. The second-order valence-electron chi connectivity index (χ2n) is 4.78. The minimum atomic E-state index is -1.08. The molecule has 1 atom stereocenters. The first-order valence-electron chi connectivity index (χ1n) is 6.14. The van der Waals surface area contributed by atoms with Crippen molar-refractivity contribution in [2.24, 2.45) is 5.73 Å². The first kappa shape index (κ1) is 15.2. The molecule has 0 bridgehead atoms. The van der Waals surface area contributed by atoms with Gasteiger partial charge in [-0.2, -0.15) is 0 Å². The Bertz CT molecular complexity index is 453. The first-order chi connectivity index (χ1) is 8.81. The average Bonchev–Trinajstić information content (AvgIpc) is 2.69. The summed E-state index contributed by atoms with van der Waals surface area (Å²) in [6.45, 7) is 5.81. The molecule has 106 valence electrons. The maximum atomic E-state index is 12.1. The van der Waals surface area contributed by atoms with Crippen molar-refractivity contribution in [1.82, 2.24) is 4.90 Å². The molecule has 0 radical (unpaired) electrons. The van der Waals surface area contributed by atoms with Crippen LogP contribution in [0.25, 0.3) is 0 Å². The van der Waals surface area contributed by atoms with E-state index in [1.807, 2.05) is 26.8 Å². The van der Waals surface area contributed by atoms with Crippen LogP contribution in [0, 0.1) is 6.92 Å². The molecule has 3 N–H and O–H groups in total. The highest BCUT2D eigenvalue weighted by molar-refractivity contribution is 5.86. The smallest absolute Gasteiger partial charge is 0.305 e. The van der Waals surface area contributed by atoms with Crippen molar-refractivity contribution in [3.8, 4) is 0 Å². The third-order valence-corrected chi connectivity index (χ3v) is 2.74. The van der Waals surface area contributed by atoms with Gasteiger partial charge in [0.25, 0.3) is 0 Å². The number of carboxylic acid groups (broad SMARTS) is 1. The van der Waals surface area contributed by atoms with E-state index in [9.17, 15) is 9.59 Å². The van der Waals surface area contributed by atoms with Crippen molar-refractivity contribution in [3.63, 3.8) is 0 Å². The van der Waals surface area contributed by atoms with Crippen LogP contribution in [-0.4, -0.2) is 34.0 Å². The fourth-order valence-electron chi connectivity index (χ4n) is 1.74. The summed E-state index contributed by atoms with van der Waals surface area (Å²) in [5.74, 6) is -0.0482. The minimum Gasteiger partial charge on any atom is -0.481 e. The zero-order chi connectivity index (χ0) is 14.6. The Morgan fingerprint density at radius 2 is 2.05 bits per heavy atom. The highest BCUT2D eigenvalue weighted by atomic mass is 16.4. The minimum absolute atomic E-state index is 0.0854. The van der Waals surface area contributed by atoms with Gasteiger partial charge < -0.3 is 20.2 Å². The number of rotatable bonds is 6. The Labute approximate surface area is 112 Å². The molecular formula is C13H20N2O4. The Morgan fingerprint density at radius 3 is 2.47 bits per heavy atom. The molecule has 1 heterocycles. The number of aliphatic carboxylic acids is 1. The third-order valence-electron chi connectivity index (χ3n) is 2.74. The standard InChI is InChI=1S/C13H20N2O4/c1-8(2)15(7-10-5-4-9(3)19-10)13(18)11(14)6-12(16)17/h4-5,8,11H,6-7,14H2,1-3H3,(H,16,17). The van der Waals surface area contributed by atoms with Crippen molar-refractivity contribution in [1.29, 1.82) is 0 Å². The van der Waals surface area contributed by atoms with Crippen molar-refractivity contribution in [2.75, 3.05) is 0 Å². The van der Waals surface area contributed by atoms with Crippen LogP contribution >= 0.6 is 0 Å². The van der Waals surface area contributed by atoms with Crippen LogP contribution in [-0.2, 0) is 16.1 Å². The van der Waals surface area contributed by atoms with E-state index >= 15 is 0 Å². The van der Waals surface area contributed by atoms with E-state index in [-0.39, 0.29) is 24.9 Å². The summed E-state index contributed by atoms with van der Waals surface area (Å²) in [6, 6.07) is 2.49. The number of amides is 1. The van der Waals surface area contributed by atoms with Gasteiger partial charge in [0.15, 0.2) is 0 Å². The molecule has 0 saturated heterocycles. The summed E-state index contributed by atoms with van der Waals surface area (Å²) >= 11 is 0. The highest BCUT2D eigenvalue weighted by Gasteiger charge is 2.25. The number of hydrogen-bond donors (Lipinski definition) is 2. The molecule has 6 nitrogen and oxygen atoms in total. The topological polar surface area (TPSA) is 96.8 Å². The Kier molecular flexibility index (Phi) is 5.11. The maximum Gasteiger partial charge on any atom is 0.305 e. The molecule has 1 unspecified atom stereocenters. The second kappa shape index (κ2) is 6.38. The van der Waals surface area contributed by atoms with E-state index in [0.717, 1.165) is 5.76 Å². The average molecular weight is 268 g/mol. The lowest BCUT2D eigenvalue weighted by Gasteiger charge is -2.28. The maximum absolute atomic E-state index is 12.1. The Balaban J connectivity index is 2.77. The molecular weight excluding hydrogens is 248 g/mol. The fourth-order valence-corrected chi connectivity index (χ4v) is 1.74. The molecule has 6 heteroatoms. The van der Waals surface area contributed by atoms with E-state index in [1.54, 1.807) is 6.07 Å².